The van der Waals surface area contributed by atoms with Gasteiger partial charge < -0.3 is 19.3 Å². The molecule has 0 spiro atoms. The summed E-state index contributed by atoms with van der Waals surface area (Å²) in [6, 6.07) is 3.36. The van der Waals surface area contributed by atoms with Gasteiger partial charge in [-0.1, -0.05) is 13.8 Å². The zero-order chi connectivity index (χ0) is 18.8. The lowest BCUT2D eigenvalue weighted by atomic mass is 9.83. The molecule has 0 unspecified atom stereocenters. The molecule has 1 aliphatic heterocycles. The third-order valence-electron chi connectivity index (χ3n) is 4.98. The molecule has 138 valence electrons. The van der Waals surface area contributed by atoms with Gasteiger partial charge in [-0.25, -0.2) is 0 Å². The van der Waals surface area contributed by atoms with Gasteiger partial charge >= 0.3 is 0 Å². The van der Waals surface area contributed by atoms with Crippen LogP contribution in [0.3, 0.4) is 0 Å². The predicted molar refractivity (Wildman–Crippen MR) is 94.1 cm³/mol. The first-order chi connectivity index (χ1) is 12.4. The Morgan fingerprint density at radius 3 is 2.38 bits per heavy atom. The molecule has 2 atom stereocenters. The summed E-state index contributed by atoms with van der Waals surface area (Å²) in [5.74, 6) is 1.27. The number of carbonyl (C=O) groups is 2. The van der Waals surface area contributed by atoms with Crippen LogP contribution in [-0.2, 0) is 20.7 Å². The third-order valence-corrected chi connectivity index (χ3v) is 4.98. The molecule has 0 radical (unpaired) electrons. The largest absolute Gasteiger partial charge is 0.508 e. The summed E-state index contributed by atoms with van der Waals surface area (Å²) < 4.78 is 15.5. The molecule has 0 saturated carbocycles. The van der Waals surface area contributed by atoms with Crippen LogP contribution in [0.4, 0.5) is 0 Å². The van der Waals surface area contributed by atoms with Gasteiger partial charge in [0, 0.05) is 17.7 Å². The Morgan fingerprint density at radius 1 is 1.04 bits per heavy atom. The maximum Gasteiger partial charge on any atom is 0.231 e. The van der Waals surface area contributed by atoms with Crippen LogP contribution in [0, 0.1) is 11.8 Å². The summed E-state index contributed by atoms with van der Waals surface area (Å²) in [4.78, 5) is 24.1. The van der Waals surface area contributed by atoms with Gasteiger partial charge in [0.2, 0.25) is 12.6 Å². The van der Waals surface area contributed by atoms with Crippen molar-refractivity contribution in [2.24, 2.45) is 11.8 Å². The Kier molecular flexibility index (Phi) is 5.02. The normalized spacial score (nSPS) is 18.3. The van der Waals surface area contributed by atoms with Crippen LogP contribution in [0.5, 0.6) is 17.2 Å². The first kappa shape index (κ1) is 18.0. The number of ether oxygens (including phenoxy) is 3. The second-order valence-corrected chi connectivity index (χ2v) is 6.81. The van der Waals surface area contributed by atoms with Crippen molar-refractivity contribution < 1.29 is 28.9 Å². The number of hydrogen-bond acceptors (Lipinski definition) is 6. The van der Waals surface area contributed by atoms with Crippen LogP contribution in [0.2, 0.25) is 0 Å². The molecule has 6 heteroatoms. The minimum absolute atomic E-state index is 0.0738. The van der Waals surface area contributed by atoms with E-state index in [-0.39, 0.29) is 41.7 Å². The minimum Gasteiger partial charge on any atom is -0.508 e. The van der Waals surface area contributed by atoms with Gasteiger partial charge in [0.25, 0.3) is 0 Å². The Balaban J connectivity index is 1.67. The highest BCUT2D eigenvalue weighted by Crippen LogP contribution is 2.39. The van der Waals surface area contributed by atoms with Crippen molar-refractivity contribution in [3.8, 4) is 17.2 Å². The van der Waals surface area contributed by atoms with Crippen LogP contribution >= 0.6 is 0 Å². The molecule has 1 heterocycles. The number of methoxy groups -OCH3 is 1. The first-order valence-corrected chi connectivity index (χ1v) is 8.55. The molecule has 2 aliphatic rings. The van der Waals surface area contributed by atoms with Crippen molar-refractivity contribution in [2.45, 2.75) is 26.7 Å². The maximum atomic E-state index is 12.2. The number of ketones is 2. The average molecular weight is 358 g/mol. The van der Waals surface area contributed by atoms with Gasteiger partial charge in [0.05, 0.1) is 7.11 Å². The molecule has 0 fully saturated rings. The number of benzene rings is 1. The molecule has 1 aromatic rings. The van der Waals surface area contributed by atoms with E-state index in [0.29, 0.717) is 29.9 Å². The fraction of sp³-hybridized carbons (Fsp3) is 0.400. The summed E-state index contributed by atoms with van der Waals surface area (Å²) >= 11 is 0. The zero-order valence-corrected chi connectivity index (χ0v) is 15.1. The molecule has 0 amide bonds. The van der Waals surface area contributed by atoms with Crippen LogP contribution < -0.4 is 9.47 Å². The van der Waals surface area contributed by atoms with Gasteiger partial charge in [-0.2, -0.15) is 0 Å². The van der Waals surface area contributed by atoms with E-state index in [2.05, 4.69) is 6.92 Å². The minimum atomic E-state index is -0.282. The molecular weight excluding hydrogens is 336 g/mol. The van der Waals surface area contributed by atoms with E-state index in [1.807, 2.05) is 6.92 Å². The van der Waals surface area contributed by atoms with Crippen molar-refractivity contribution in [1.29, 1.82) is 0 Å². The maximum absolute atomic E-state index is 12.2. The van der Waals surface area contributed by atoms with Crippen molar-refractivity contribution in [2.75, 3.05) is 13.9 Å². The lowest BCUT2D eigenvalue weighted by molar-refractivity contribution is -0.117. The number of fused-ring (bicyclic) bond motifs is 1. The van der Waals surface area contributed by atoms with Crippen LogP contribution in [-0.4, -0.2) is 30.6 Å². The quantitative estimate of drug-likeness (QED) is 0.788. The predicted octanol–water partition coefficient (Wildman–Crippen LogP) is 2.93. The van der Waals surface area contributed by atoms with E-state index in [4.69, 9.17) is 14.2 Å². The molecule has 1 aliphatic carbocycles. The second-order valence-electron chi connectivity index (χ2n) is 6.81. The summed E-state index contributed by atoms with van der Waals surface area (Å²) in [7, 11) is 1.37. The summed E-state index contributed by atoms with van der Waals surface area (Å²) in [6.45, 7) is 4.25. The van der Waals surface area contributed by atoms with Gasteiger partial charge in [-0.3, -0.25) is 9.59 Å². The summed E-state index contributed by atoms with van der Waals surface area (Å²) in [5, 5.41) is 10.2. The number of aromatic hydroxyl groups is 1. The highest BCUT2D eigenvalue weighted by molar-refractivity contribution is 6.19. The number of rotatable bonds is 6. The number of phenolic OH excluding ortho intramolecular Hbond substituents is 1. The molecule has 0 aromatic heterocycles. The van der Waals surface area contributed by atoms with Crippen LogP contribution in [0.15, 0.2) is 35.6 Å². The van der Waals surface area contributed by atoms with E-state index in [0.717, 1.165) is 5.56 Å². The highest BCUT2D eigenvalue weighted by Gasteiger charge is 2.25. The van der Waals surface area contributed by atoms with E-state index >= 15 is 0 Å². The molecule has 3 rings (SSSR count). The van der Waals surface area contributed by atoms with E-state index in [9.17, 15) is 14.7 Å². The van der Waals surface area contributed by atoms with Crippen molar-refractivity contribution in [3.05, 3.63) is 41.2 Å². The van der Waals surface area contributed by atoms with E-state index in [1.54, 1.807) is 12.1 Å². The van der Waals surface area contributed by atoms with Crippen LogP contribution in [0.25, 0.3) is 0 Å². The van der Waals surface area contributed by atoms with Crippen molar-refractivity contribution in [1.82, 2.24) is 0 Å². The summed E-state index contributed by atoms with van der Waals surface area (Å²) in [5.41, 5.74) is 1.26. The van der Waals surface area contributed by atoms with Gasteiger partial charge in [0.1, 0.15) is 5.75 Å². The Bertz CT molecular complexity index is 805. The fourth-order valence-corrected chi connectivity index (χ4v) is 3.14. The fourth-order valence-electron chi connectivity index (χ4n) is 3.14. The lowest BCUT2D eigenvalue weighted by Crippen LogP contribution is -2.19. The molecule has 1 aromatic carbocycles. The zero-order valence-electron chi connectivity index (χ0n) is 15.1. The monoisotopic (exact) mass is 358 g/mol. The molecule has 6 nitrogen and oxygen atoms in total. The highest BCUT2D eigenvalue weighted by atomic mass is 16.7. The summed E-state index contributed by atoms with van der Waals surface area (Å²) in [6.07, 6.45) is 3.73. The van der Waals surface area contributed by atoms with Crippen LogP contribution in [0.1, 0.15) is 25.8 Å². The first-order valence-electron chi connectivity index (χ1n) is 8.55. The Labute approximate surface area is 152 Å². The van der Waals surface area contributed by atoms with Gasteiger partial charge in [-0.15, -0.1) is 0 Å². The van der Waals surface area contributed by atoms with Gasteiger partial charge in [-0.05, 0) is 42.4 Å². The lowest BCUT2D eigenvalue weighted by Gasteiger charge is -2.22. The van der Waals surface area contributed by atoms with Crippen molar-refractivity contribution in [3.63, 3.8) is 0 Å². The Morgan fingerprint density at radius 2 is 1.69 bits per heavy atom. The van der Waals surface area contributed by atoms with E-state index in [1.165, 1.54) is 19.3 Å². The third kappa shape index (κ3) is 3.59. The topological polar surface area (TPSA) is 82.1 Å². The smallest absolute Gasteiger partial charge is 0.231 e. The van der Waals surface area contributed by atoms with Gasteiger partial charge in [0.15, 0.2) is 23.0 Å². The number of carbonyl (C=O) groups excluding carboxylic acids is 2. The molecule has 1 N–H and O–H groups in total. The SMILES string of the molecule is COC1=CC(=O)C(C[C@H](C)[C@H](C)Cc2cc3c(cc2O)OCO3)=CC1=O. The number of phenols is 1. The average Bonchev–Trinajstić information content (AvgIpc) is 3.04. The molecule has 0 saturated heterocycles. The second kappa shape index (κ2) is 7.23. The Hall–Kier alpha value is -2.76. The van der Waals surface area contributed by atoms with Crippen molar-refractivity contribution >= 4 is 11.6 Å². The van der Waals surface area contributed by atoms with E-state index < -0.39 is 0 Å². The number of allylic oxidation sites excluding steroid dienone is 3. The molecule has 0 bridgehead atoms. The molecule has 26 heavy (non-hydrogen) atoms. The molecular formula is C20H22O6. The standard InChI is InChI=1S/C20H22O6/c1-11(4-13-6-17(23)18(24-3)8-15(13)21)12(2)5-14-7-19-20(9-16(14)22)26-10-25-19/h6-9,11-12,22H,4-5,10H2,1-3H3/t11-,12+/m0/s1. The number of hydrogen-bond donors (Lipinski definition) is 1.